The normalized spacial score (nSPS) is 4.80. The van der Waals surface area contributed by atoms with E-state index >= 15 is 0 Å². The van der Waals surface area contributed by atoms with Crippen molar-refractivity contribution in [3.8, 4) is 0 Å². The van der Waals surface area contributed by atoms with E-state index in [2.05, 4.69) is 0 Å². The van der Waals surface area contributed by atoms with Crippen LogP contribution in [0.4, 0.5) is 0 Å². The van der Waals surface area contributed by atoms with Gasteiger partial charge in [-0.2, -0.15) is 0 Å². The summed E-state index contributed by atoms with van der Waals surface area (Å²) in [5.74, 6) is 0. The van der Waals surface area contributed by atoms with Crippen molar-refractivity contribution in [3.63, 3.8) is 0 Å². The molecule has 5 heavy (non-hydrogen) atoms. The molecule has 0 saturated carbocycles. The summed E-state index contributed by atoms with van der Waals surface area (Å²) in [5, 5.41) is 14.8. The Balaban J connectivity index is 0. The molecule has 0 rings (SSSR count). The minimum absolute atomic E-state index is 0. The zero-order valence-electron chi connectivity index (χ0n) is 2.67. The van der Waals surface area contributed by atoms with E-state index in [4.69, 9.17) is 15.3 Å². The minimum atomic E-state index is -1.75. The van der Waals surface area contributed by atoms with E-state index in [-0.39, 0.29) is 51.4 Å². The van der Waals surface area contributed by atoms with Crippen molar-refractivity contribution in [2.45, 2.75) is 0 Å². The minimum Gasteiger partial charge on any atom is -0.356 e. The molecule has 0 amide bonds. The van der Waals surface area contributed by atoms with Gasteiger partial charge in [-0.25, -0.2) is 0 Å². The van der Waals surface area contributed by atoms with Gasteiger partial charge in [-0.3, -0.25) is 0 Å². The standard InChI is InChI=1S/K.NO3/c;2-1(3)4/q+1;-1/i;2+2. The van der Waals surface area contributed by atoms with E-state index in [1.165, 1.54) is 0 Å². The zero-order chi connectivity index (χ0) is 3.58. The number of rotatable bonds is 0. The van der Waals surface area contributed by atoms with Gasteiger partial charge in [-0.05, 0) is 0 Å². The van der Waals surface area contributed by atoms with Crippen LogP contribution in [0.15, 0.2) is 0 Å². The fraction of sp³-hybridized carbons (Fsp3) is 0. The predicted molar refractivity (Wildman–Crippen MR) is 10.4 cm³/mol. The summed E-state index contributed by atoms with van der Waals surface area (Å²) in [6, 6.07) is 0. The van der Waals surface area contributed by atoms with Gasteiger partial charge in [0.15, 0.2) is 0 Å². The van der Waals surface area contributed by atoms with Crippen molar-refractivity contribution in [2.75, 3.05) is 0 Å². The maximum Gasteiger partial charge on any atom is 1.00 e. The molecule has 0 atom stereocenters. The van der Waals surface area contributed by atoms with Gasteiger partial charge in [0, 0.05) is 0 Å². The van der Waals surface area contributed by atoms with E-state index in [1.54, 1.807) is 0 Å². The van der Waals surface area contributed by atoms with Gasteiger partial charge < -0.3 is 15.3 Å². The fourth-order valence-electron chi connectivity index (χ4n) is 0. The van der Waals surface area contributed by atoms with Crippen molar-refractivity contribution >= 4 is 0 Å². The van der Waals surface area contributed by atoms with Gasteiger partial charge in [-0.15, -0.1) is 0 Å². The first-order valence-electron chi connectivity index (χ1n) is 0.548. The van der Waals surface area contributed by atoms with Crippen LogP contribution >= 0.6 is 0 Å². The molecule has 0 aromatic heterocycles. The van der Waals surface area contributed by atoms with Gasteiger partial charge in [-0.1, -0.05) is 0 Å². The van der Waals surface area contributed by atoms with Crippen LogP contribution in [0, 0.1) is 15.3 Å². The molecule has 0 bridgehead atoms. The molecular weight excluding hydrogens is 103 g/mol. The van der Waals surface area contributed by atoms with Crippen molar-refractivity contribution in [3.05, 3.63) is 15.3 Å². The largest absolute Gasteiger partial charge is 1.00 e. The quantitative estimate of drug-likeness (QED) is 0.140. The first kappa shape index (κ1) is 9.28. The van der Waals surface area contributed by atoms with Crippen LogP contribution in [-0.4, -0.2) is 5.09 Å². The topological polar surface area (TPSA) is 66.2 Å². The summed E-state index contributed by atoms with van der Waals surface area (Å²) in [6.07, 6.45) is 0. The Morgan fingerprint density at radius 3 is 1.40 bits per heavy atom. The Morgan fingerprint density at radius 2 is 1.40 bits per heavy atom. The number of nitrogens with zero attached hydrogens (tertiary/aromatic N) is 1. The summed E-state index contributed by atoms with van der Waals surface area (Å²) in [6.45, 7) is 0. The third kappa shape index (κ3) is 55.6. The van der Waals surface area contributed by atoms with Crippen LogP contribution in [0.1, 0.15) is 0 Å². The molecule has 24 valence electrons. The van der Waals surface area contributed by atoms with Crippen molar-refractivity contribution < 1.29 is 56.5 Å². The Hall–Kier alpha value is 0.836. The predicted octanol–water partition coefficient (Wildman–Crippen LogP) is -3.24. The van der Waals surface area contributed by atoms with Crippen LogP contribution in [-0.2, 0) is 0 Å². The molecule has 0 aliphatic rings. The van der Waals surface area contributed by atoms with Crippen molar-refractivity contribution in [1.82, 2.24) is 0 Å². The van der Waals surface area contributed by atoms with Crippen LogP contribution in [0.2, 0.25) is 0 Å². The molecule has 0 heterocycles. The van der Waals surface area contributed by atoms with Gasteiger partial charge in [0.2, 0.25) is 0 Å². The molecule has 0 N–H and O–H groups in total. The first-order chi connectivity index (χ1) is 1.73. The number of hydrogen-bond donors (Lipinski definition) is 0. The molecule has 0 radical (unpaired) electrons. The van der Waals surface area contributed by atoms with Gasteiger partial charge in [0.05, 0.1) is 5.09 Å². The Morgan fingerprint density at radius 1 is 1.40 bits per heavy atom. The molecule has 0 aromatic carbocycles. The van der Waals surface area contributed by atoms with E-state index in [0.29, 0.717) is 0 Å². The molecule has 0 fully saturated rings. The third-order valence-electron chi connectivity index (χ3n) is 0. The summed E-state index contributed by atoms with van der Waals surface area (Å²) < 4.78 is 0. The summed E-state index contributed by atoms with van der Waals surface area (Å²) in [4.78, 5) is 8.25. The summed E-state index contributed by atoms with van der Waals surface area (Å²) in [7, 11) is 0. The molecule has 5 heteroatoms. The van der Waals surface area contributed by atoms with Gasteiger partial charge in [0.25, 0.3) is 0 Å². The molecule has 0 aliphatic carbocycles. The molecule has 0 aliphatic heterocycles. The van der Waals surface area contributed by atoms with E-state index in [0.717, 1.165) is 0 Å². The maximum atomic E-state index is 8.25. The smallest absolute Gasteiger partial charge is 0.356 e. The van der Waals surface area contributed by atoms with Crippen LogP contribution in [0.5, 0.6) is 0 Å². The second kappa shape index (κ2) is 4.84. The molecule has 4 nitrogen and oxygen atoms in total. The molecule has 0 spiro atoms. The monoisotopic (exact) mass is 103 g/mol. The van der Waals surface area contributed by atoms with E-state index in [1.807, 2.05) is 0 Å². The molecular formula is KNO3. The molecule has 0 saturated heterocycles. The van der Waals surface area contributed by atoms with Crippen molar-refractivity contribution in [1.29, 1.82) is 0 Å². The third-order valence-corrected chi connectivity index (χ3v) is 0. The summed E-state index contributed by atoms with van der Waals surface area (Å²) >= 11 is 0. The second-order valence-electron chi connectivity index (χ2n) is 0.224. The Labute approximate surface area is 70.7 Å². The average molecular weight is 103 g/mol. The maximum absolute atomic E-state index is 8.25. The van der Waals surface area contributed by atoms with Gasteiger partial charge >= 0.3 is 51.4 Å². The number of hydrogen-bond acceptors (Lipinski definition) is 3. The van der Waals surface area contributed by atoms with Crippen LogP contribution < -0.4 is 51.4 Å². The molecule has 0 unspecified atom stereocenters. The summed E-state index contributed by atoms with van der Waals surface area (Å²) in [5.41, 5.74) is 0. The zero-order valence-corrected chi connectivity index (χ0v) is 5.80. The average Bonchev–Trinajstić information content (AvgIpc) is 0.811. The van der Waals surface area contributed by atoms with E-state index in [9.17, 15) is 0 Å². The molecule has 0 aromatic rings. The van der Waals surface area contributed by atoms with E-state index < -0.39 is 5.09 Å². The van der Waals surface area contributed by atoms with Crippen molar-refractivity contribution in [2.24, 2.45) is 0 Å². The first-order valence-corrected chi connectivity index (χ1v) is 0.548. The second-order valence-corrected chi connectivity index (χ2v) is 0.224. The van der Waals surface area contributed by atoms with Gasteiger partial charge in [0.1, 0.15) is 0 Å². The Kier molecular flexibility index (Phi) is 8.97. The SMILES string of the molecule is [K+].[O-][N+]([O-])=[18O]. The van der Waals surface area contributed by atoms with Crippen LogP contribution in [0.3, 0.4) is 0 Å². The Bertz CT molecular complexity index is 29.9. The fourth-order valence-corrected chi connectivity index (χ4v) is 0. The van der Waals surface area contributed by atoms with Crippen LogP contribution in [0.25, 0.3) is 0 Å².